The number of carbonyl (C=O) groups excluding carboxylic acids is 1. The Kier molecular flexibility index (Phi) is 4.14. The van der Waals surface area contributed by atoms with Crippen molar-refractivity contribution in [2.24, 2.45) is 5.73 Å². The van der Waals surface area contributed by atoms with Crippen LogP contribution < -0.4 is 11.1 Å². The van der Waals surface area contributed by atoms with Crippen LogP contribution in [0.1, 0.15) is 28.9 Å². The van der Waals surface area contributed by atoms with Crippen LogP contribution >= 0.6 is 11.6 Å². The summed E-state index contributed by atoms with van der Waals surface area (Å²) in [5.74, 6) is -0.224. The fourth-order valence-electron chi connectivity index (χ4n) is 1.58. The number of nitrogens with one attached hydrogen (secondary N) is 1. The number of carbonyl (C=O) groups is 1. The molecule has 1 atom stereocenters. The summed E-state index contributed by atoms with van der Waals surface area (Å²) in [4.78, 5) is 15.8. The van der Waals surface area contributed by atoms with Crippen LogP contribution in [0.5, 0.6) is 0 Å². The second-order valence-corrected chi connectivity index (χ2v) is 4.62. The van der Waals surface area contributed by atoms with E-state index < -0.39 is 0 Å². The van der Waals surface area contributed by atoms with Crippen molar-refractivity contribution in [3.63, 3.8) is 0 Å². The second kappa shape index (κ2) is 5.82. The summed E-state index contributed by atoms with van der Waals surface area (Å²) >= 11 is 5.67. The summed E-state index contributed by atoms with van der Waals surface area (Å²) in [7, 11) is 0. The van der Waals surface area contributed by atoms with Crippen molar-refractivity contribution in [3.8, 4) is 0 Å². The molecule has 0 spiro atoms. The van der Waals surface area contributed by atoms with Gasteiger partial charge >= 0.3 is 0 Å². The number of rotatable bonds is 3. The normalized spacial score (nSPS) is 11.9. The molecule has 1 aromatic heterocycles. The van der Waals surface area contributed by atoms with Gasteiger partial charge < -0.3 is 11.1 Å². The molecular formula is C14H14ClN3O. The molecule has 0 aliphatic carbocycles. The van der Waals surface area contributed by atoms with Crippen molar-refractivity contribution in [2.75, 3.05) is 5.32 Å². The number of anilines is 1. The molecule has 1 aromatic carbocycles. The molecule has 0 aliphatic heterocycles. The van der Waals surface area contributed by atoms with E-state index in [1.54, 1.807) is 12.1 Å². The number of nitrogens with zero attached hydrogens (tertiary/aromatic N) is 1. The summed E-state index contributed by atoms with van der Waals surface area (Å²) in [6, 6.07) is 10.6. The Hall–Kier alpha value is -1.91. The molecule has 0 saturated heterocycles. The summed E-state index contributed by atoms with van der Waals surface area (Å²) < 4.78 is 0. The number of nitrogens with two attached hydrogens (primary N) is 1. The topological polar surface area (TPSA) is 68.0 Å². The minimum Gasteiger partial charge on any atom is -0.324 e. The summed E-state index contributed by atoms with van der Waals surface area (Å²) in [6.07, 6.45) is 1.44. The molecule has 2 rings (SSSR count). The summed E-state index contributed by atoms with van der Waals surface area (Å²) in [5, 5.41) is 3.14. The molecule has 98 valence electrons. The van der Waals surface area contributed by atoms with E-state index in [-0.39, 0.29) is 11.9 Å². The van der Waals surface area contributed by atoms with Gasteiger partial charge in [0.05, 0.1) is 5.56 Å². The standard InChI is InChI=1S/C14H14ClN3O/c1-9(16)10-2-5-12(6-3-10)18-14(19)11-4-7-13(15)17-8-11/h2-9H,16H2,1H3,(H,18,19). The van der Waals surface area contributed by atoms with Gasteiger partial charge in [0.15, 0.2) is 0 Å². The van der Waals surface area contributed by atoms with E-state index in [0.717, 1.165) is 5.56 Å². The number of aromatic nitrogens is 1. The zero-order chi connectivity index (χ0) is 13.8. The van der Waals surface area contributed by atoms with E-state index in [0.29, 0.717) is 16.4 Å². The predicted molar refractivity (Wildman–Crippen MR) is 76.2 cm³/mol. The van der Waals surface area contributed by atoms with Gasteiger partial charge in [-0.2, -0.15) is 0 Å². The molecule has 0 fully saturated rings. The van der Waals surface area contributed by atoms with E-state index in [2.05, 4.69) is 10.3 Å². The molecule has 19 heavy (non-hydrogen) atoms. The van der Waals surface area contributed by atoms with Gasteiger partial charge in [-0.25, -0.2) is 4.98 Å². The van der Waals surface area contributed by atoms with Crippen LogP contribution in [-0.2, 0) is 0 Å². The summed E-state index contributed by atoms with van der Waals surface area (Å²) in [5.41, 5.74) is 7.95. The van der Waals surface area contributed by atoms with Gasteiger partial charge in [-0.15, -0.1) is 0 Å². The van der Waals surface area contributed by atoms with E-state index in [9.17, 15) is 4.79 Å². The molecule has 0 saturated carbocycles. The maximum atomic E-state index is 11.9. The van der Waals surface area contributed by atoms with Gasteiger partial charge in [0.2, 0.25) is 0 Å². The highest BCUT2D eigenvalue weighted by Gasteiger charge is 2.07. The van der Waals surface area contributed by atoms with Gasteiger partial charge in [0.25, 0.3) is 5.91 Å². The first-order chi connectivity index (χ1) is 9.06. The molecular weight excluding hydrogens is 262 g/mol. The Labute approximate surface area is 116 Å². The van der Waals surface area contributed by atoms with Crippen molar-refractivity contribution < 1.29 is 4.79 Å². The maximum Gasteiger partial charge on any atom is 0.257 e. The van der Waals surface area contributed by atoms with Crippen LogP contribution in [0.15, 0.2) is 42.6 Å². The summed E-state index contributed by atoms with van der Waals surface area (Å²) in [6.45, 7) is 1.91. The van der Waals surface area contributed by atoms with Gasteiger partial charge in [-0.05, 0) is 36.8 Å². The lowest BCUT2D eigenvalue weighted by atomic mass is 10.1. The maximum absolute atomic E-state index is 11.9. The second-order valence-electron chi connectivity index (χ2n) is 4.23. The zero-order valence-corrected chi connectivity index (χ0v) is 11.2. The average molecular weight is 276 g/mol. The first-order valence-corrected chi connectivity index (χ1v) is 6.22. The third-order valence-corrected chi connectivity index (χ3v) is 2.91. The van der Waals surface area contributed by atoms with Crippen molar-refractivity contribution >= 4 is 23.2 Å². The lowest BCUT2D eigenvalue weighted by molar-refractivity contribution is 0.102. The van der Waals surface area contributed by atoms with Crippen molar-refractivity contribution in [3.05, 3.63) is 58.9 Å². The number of hydrogen-bond acceptors (Lipinski definition) is 3. The third kappa shape index (κ3) is 3.53. The number of hydrogen-bond donors (Lipinski definition) is 2. The third-order valence-electron chi connectivity index (χ3n) is 2.68. The highest BCUT2D eigenvalue weighted by Crippen LogP contribution is 2.15. The van der Waals surface area contributed by atoms with Crippen LogP contribution in [-0.4, -0.2) is 10.9 Å². The fraction of sp³-hybridized carbons (Fsp3) is 0.143. The van der Waals surface area contributed by atoms with Crippen LogP contribution in [0.2, 0.25) is 5.15 Å². The van der Waals surface area contributed by atoms with Crippen LogP contribution in [0.3, 0.4) is 0 Å². The largest absolute Gasteiger partial charge is 0.324 e. The fourth-order valence-corrected chi connectivity index (χ4v) is 1.70. The number of halogens is 1. The molecule has 0 aliphatic rings. The lowest BCUT2D eigenvalue weighted by Crippen LogP contribution is -2.12. The monoisotopic (exact) mass is 275 g/mol. The molecule has 1 unspecified atom stereocenters. The van der Waals surface area contributed by atoms with Crippen molar-refractivity contribution in [2.45, 2.75) is 13.0 Å². The van der Waals surface area contributed by atoms with E-state index in [1.165, 1.54) is 6.20 Å². The van der Waals surface area contributed by atoms with E-state index >= 15 is 0 Å². The SMILES string of the molecule is CC(N)c1ccc(NC(=O)c2ccc(Cl)nc2)cc1. The highest BCUT2D eigenvalue weighted by molar-refractivity contribution is 6.29. The Balaban J connectivity index is 2.08. The van der Waals surface area contributed by atoms with E-state index in [4.69, 9.17) is 17.3 Å². The quantitative estimate of drug-likeness (QED) is 0.846. The number of benzene rings is 1. The zero-order valence-electron chi connectivity index (χ0n) is 10.4. The van der Waals surface area contributed by atoms with Crippen molar-refractivity contribution in [1.29, 1.82) is 0 Å². The molecule has 0 bridgehead atoms. The first kappa shape index (κ1) is 13.5. The smallest absolute Gasteiger partial charge is 0.257 e. The molecule has 4 nitrogen and oxygen atoms in total. The Morgan fingerprint density at radius 1 is 1.26 bits per heavy atom. The van der Waals surface area contributed by atoms with Gasteiger partial charge in [0.1, 0.15) is 5.15 Å². The minimum absolute atomic E-state index is 0.0229. The molecule has 3 N–H and O–H groups in total. The van der Waals surface area contributed by atoms with E-state index in [1.807, 2.05) is 31.2 Å². The minimum atomic E-state index is -0.224. The average Bonchev–Trinajstić information content (AvgIpc) is 2.40. The Bertz CT molecular complexity index is 564. The van der Waals surface area contributed by atoms with Gasteiger partial charge in [-0.3, -0.25) is 4.79 Å². The van der Waals surface area contributed by atoms with Gasteiger partial charge in [-0.1, -0.05) is 23.7 Å². The van der Waals surface area contributed by atoms with Crippen LogP contribution in [0.25, 0.3) is 0 Å². The first-order valence-electron chi connectivity index (χ1n) is 5.84. The number of pyridine rings is 1. The molecule has 0 radical (unpaired) electrons. The highest BCUT2D eigenvalue weighted by atomic mass is 35.5. The van der Waals surface area contributed by atoms with Crippen molar-refractivity contribution in [1.82, 2.24) is 4.98 Å². The predicted octanol–water partition coefficient (Wildman–Crippen LogP) is 3.01. The Morgan fingerprint density at radius 3 is 2.47 bits per heavy atom. The van der Waals surface area contributed by atoms with Crippen LogP contribution in [0, 0.1) is 0 Å². The Morgan fingerprint density at radius 2 is 1.95 bits per heavy atom. The molecule has 5 heteroatoms. The van der Waals surface area contributed by atoms with Crippen LogP contribution in [0.4, 0.5) is 5.69 Å². The molecule has 1 amide bonds. The lowest BCUT2D eigenvalue weighted by Gasteiger charge is -2.08. The molecule has 1 heterocycles. The van der Waals surface area contributed by atoms with Gasteiger partial charge in [0, 0.05) is 17.9 Å². The molecule has 2 aromatic rings. The number of amides is 1.